The van der Waals surface area contributed by atoms with Gasteiger partial charge in [-0.2, -0.15) is 30.2 Å². The van der Waals surface area contributed by atoms with Crippen molar-refractivity contribution in [1.82, 2.24) is 80.0 Å². The Morgan fingerprint density at radius 1 is 0.433 bits per heavy atom. The molecule has 0 radical (unpaired) electrons. The molecule has 12 aromatic heterocycles. The van der Waals surface area contributed by atoms with E-state index in [-0.39, 0.29) is 0 Å². The summed E-state index contributed by atoms with van der Waals surface area (Å²) < 4.78 is 10.9. The maximum atomic E-state index is 5.93. The number of imidazole rings is 1. The second-order valence-electron chi connectivity index (χ2n) is 21.9. The van der Waals surface area contributed by atoms with Crippen molar-refractivity contribution in [3.63, 3.8) is 0 Å². The van der Waals surface area contributed by atoms with Crippen LogP contribution in [0.25, 0.3) is 74.4 Å². The number of thiophene rings is 3. The Bertz CT molecular complexity index is 5810. The van der Waals surface area contributed by atoms with Crippen molar-refractivity contribution < 1.29 is 4.74 Å². The van der Waals surface area contributed by atoms with Crippen LogP contribution in [0.5, 0.6) is 11.5 Å². The number of ether oxygens (including phenoxy) is 1. The molecule has 0 aliphatic rings. The Labute approximate surface area is 567 Å². The molecule has 0 amide bonds. The summed E-state index contributed by atoms with van der Waals surface area (Å²) in [6.45, 7) is 2.00. The highest BCUT2D eigenvalue weighted by molar-refractivity contribution is 7.99. The first-order chi connectivity index (χ1) is 47.7. The third-order valence-corrected chi connectivity index (χ3v) is 19.0. The number of hydrogen-bond acceptors (Lipinski definition) is 23. The van der Waals surface area contributed by atoms with Crippen molar-refractivity contribution in [2.75, 3.05) is 31.9 Å². The maximum Gasteiger partial charge on any atom is 0.232 e. The number of nitrogens with one attached hydrogen (secondary N) is 9. The van der Waals surface area contributed by atoms with Gasteiger partial charge in [0.25, 0.3) is 0 Å². The van der Waals surface area contributed by atoms with E-state index in [1.165, 1.54) is 0 Å². The molecule has 0 bridgehead atoms. The van der Waals surface area contributed by atoms with E-state index in [4.69, 9.17) is 19.7 Å². The fourth-order valence-corrected chi connectivity index (χ4v) is 13.7. The third-order valence-electron chi connectivity index (χ3n) is 15.3. The number of pyridine rings is 2. The van der Waals surface area contributed by atoms with Gasteiger partial charge in [0.05, 0.1) is 94.9 Å². The average Bonchev–Trinajstić information content (AvgIpc) is 1.75. The van der Waals surface area contributed by atoms with E-state index in [1.807, 2.05) is 192 Å². The van der Waals surface area contributed by atoms with E-state index in [9.17, 15) is 0 Å². The van der Waals surface area contributed by atoms with E-state index in [0.717, 1.165) is 142 Å². The molecule has 0 atom stereocenters. The maximum absolute atomic E-state index is 5.93. The van der Waals surface area contributed by atoms with Gasteiger partial charge in [-0.15, -0.1) is 34.0 Å². The number of rotatable bonds is 16. The van der Waals surface area contributed by atoms with Crippen LogP contribution in [0.2, 0.25) is 0 Å². The number of H-pyrrole nitrogens is 3. The van der Waals surface area contributed by atoms with Gasteiger partial charge in [0.1, 0.15) is 16.5 Å². The minimum absolute atomic E-state index is 0.492. The lowest BCUT2D eigenvalue weighted by atomic mass is 10.2. The Hall–Kier alpha value is -12.4. The summed E-state index contributed by atoms with van der Waals surface area (Å²) in [6.07, 6.45) is 10.6. The number of hydrogen-bond donors (Lipinski definition) is 9. The smallest absolute Gasteiger partial charge is 0.232 e. The third kappa shape index (κ3) is 13.3. The molecule has 97 heavy (non-hydrogen) atoms. The lowest BCUT2D eigenvalue weighted by Crippen LogP contribution is -2.04. The molecule has 12 heterocycles. The predicted molar refractivity (Wildman–Crippen MR) is 391 cm³/mol. The van der Waals surface area contributed by atoms with Crippen LogP contribution in [0, 0.1) is 6.92 Å². The number of aromatic amines is 3. The molecule has 23 nitrogen and oxygen atoms in total. The largest absolute Gasteiger partial charge is 0.455 e. The molecule has 0 aliphatic heterocycles. The molecule has 18 rings (SSSR count). The summed E-state index contributed by atoms with van der Waals surface area (Å²) in [5, 5.41) is 51.5. The molecule has 18 aromatic rings. The normalized spacial score (nSPS) is 11.2. The Kier molecular flexibility index (Phi) is 16.3. The molecule has 0 saturated carbocycles. The Balaban J connectivity index is 0.000000114. The molecule has 0 unspecified atom stereocenters. The molecular formula is C70H52N22OS4. The Morgan fingerprint density at radius 3 is 1.45 bits per heavy atom. The molecule has 0 saturated heterocycles. The zero-order chi connectivity index (χ0) is 65.0. The summed E-state index contributed by atoms with van der Waals surface area (Å²) in [4.78, 5) is 42.7. The number of para-hydroxylation sites is 2. The topological polar surface area (TPSA) is 288 Å². The fourth-order valence-electron chi connectivity index (χ4n) is 10.6. The van der Waals surface area contributed by atoms with Crippen LogP contribution in [-0.2, 0) is 7.05 Å². The van der Waals surface area contributed by atoms with E-state index in [0.29, 0.717) is 29.5 Å². The van der Waals surface area contributed by atoms with Gasteiger partial charge in [0.15, 0.2) is 17.5 Å². The Morgan fingerprint density at radius 2 is 0.938 bits per heavy atom. The van der Waals surface area contributed by atoms with Crippen molar-refractivity contribution in [1.29, 1.82) is 0 Å². The number of anilines is 12. The van der Waals surface area contributed by atoms with Crippen molar-refractivity contribution in [3.8, 4) is 11.5 Å². The second kappa shape index (κ2) is 26.5. The van der Waals surface area contributed by atoms with Gasteiger partial charge in [-0.1, -0.05) is 42.1 Å². The van der Waals surface area contributed by atoms with E-state index in [1.54, 1.807) is 83.0 Å². The summed E-state index contributed by atoms with van der Waals surface area (Å²) >= 11 is 6.44. The predicted octanol–water partition coefficient (Wildman–Crippen LogP) is 18.1. The highest BCUT2D eigenvalue weighted by Gasteiger charge is 2.17. The quantitative estimate of drug-likeness (QED) is 0.0434. The van der Waals surface area contributed by atoms with E-state index in [2.05, 4.69) is 105 Å². The van der Waals surface area contributed by atoms with Gasteiger partial charge in [0.2, 0.25) is 23.8 Å². The first-order valence-corrected chi connectivity index (χ1v) is 33.7. The molecule has 0 spiro atoms. The SMILES string of the molecule is Cc1cc(Nc2nc(Nc3ccc4[nH]ncc4c3)c3sccc3n2)ccc1Oc1cccnc1.Cn1c(Nc2nc(Nc3ccc4[nH]ncc4c3)c3sccc3n2)nc2ccccc21.c1ccc(Sc2ccc(Nc3nc(Nc4ccc5[nH]ncc5c4)c4sccc4n3)cn2)cc1. The van der Waals surface area contributed by atoms with Crippen LogP contribution in [0.4, 0.5) is 69.7 Å². The summed E-state index contributed by atoms with van der Waals surface area (Å²) in [6, 6.07) is 55.9. The van der Waals surface area contributed by atoms with Crippen LogP contribution < -0.4 is 36.6 Å². The molecular weight excluding hydrogens is 1290 g/mol. The highest BCUT2D eigenvalue weighted by atomic mass is 32.2. The number of benzene rings is 6. The van der Waals surface area contributed by atoms with Gasteiger partial charge in [-0.3, -0.25) is 25.6 Å². The highest BCUT2D eigenvalue weighted by Crippen LogP contribution is 2.37. The standard InChI is InChI=1S/C25H19N7OS.C24H17N7S2.C21H16N8S/c1-15-11-17(5-7-22(15)33-19-3-2-9-26-14-19)29-25-30-21-8-10-34-23(21)24(31-25)28-18-4-6-20-16(12-18)13-27-32-20;1-2-4-18(5-3-1)33-21-9-7-17(14-25-21)28-24-29-20-10-11-32-22(20)23(30-24)27-16-6-8-19-15(12-16)13-26-31-19;1-29-17-5-3-2-4-15(17)25-21(29)27-20-24-16-8-9-30-18(16)19(26-20)23-13-6-7-14-12(10-13)11-22-28-14/h2-14H,1H3,(H,27,32)(H2,28,29,30,31);1-14H,(H,26,31)(H2,27,28,29,30);2-11H,1H3,(H,22,28)(H2,23,24,25,26,27). The van der Waals surface area contributed by atoms with E-state index >= 15 is 0 Å². The molecule has 6 aromatic carbocycles. The van der Waals surface area contributed by atoms with Gasteiger partial charge in [-0.05, 0) is 168 Å². The number of nitrogens with zero attached hydrogens (tertiary/aromatic N) is 13. The van der Waals surface area contributed by atoms with Crippen molar-refractivity contribution in [2.24, 2.45) is 7.05 Å². The van der Waals surface area contributed by atoms with Gasteiger partial charge < -0.3 is 35.9 Å². The lowest BCUT2D eigenvalue weighted by molar-refractivity contribution is 0.476. The average molecular weight is 1350 g/mol. The zero-order valence-corrected chi connectivity index (χ0v) is 54.5. The van der Waals surface area contributed by atoms with Crippen molar-refractivity contribution >= 4 is 190 Å². The zero-order valence-electron chi connectivity index (χ0n) is 51.2. The molecule has 9 N–H and O–H groups in total. The van der Waals surface area contributed by atoms with Gasteiger partial charge in [0, 0.05) is 57.0 Å². The lowest BCUT2D eigenvalue weighted by Gasteiger charge is -2.12. The summed E-state index contributed by atoms with van der Waals surface area (Å²) in [5.41, 5.74) is 13.1. The van der Waals surface area contributed by atoms with Crippen LogP contribution in [0.15, 0.2) is 233 Å². The van der Waals surface area contributed by atoms with Crippen molar-refractivity contribution in [2.45, 2.75) is 16.8 Å². The van der Waals surface area contributed by atoms with Crippen LogP contribution in [0.1, 0.15) is 5.56 Å². The monoisotopic (exact) mass is 1340 g/mol. The second-order valence-corrected chi connectivity index (χ2v) is 25.8. The first-order valence-electron chi connectivity index (χ1n) is 30.2. The summed E-state index contributed by atoms with van der Waals surface area (Å²) in [5.74, 6) is 5.92. The number of fused-ring (bicyclic) bond motifs is 7. The molecule has 0 fully saturated rings. The van der Waals surface area contributed by atoms with Crippen LogP contribution in [0.3, 0.4) is 0 Å². The van der Waals surface area contributed by atoms with Crippen LogP contribution in [-0.4, -0.2) is 80.0 Å². The molecule has 0 aliphatic carbocycles. The molecule has 472 valence electrons. The van der Waals surface area contributed by atoms with E-state index < -0.39 is 0 Å². The van der Waals surface area contributed by atoms with Gasteiger partial charge in [-0.25, -0.2) is 24.9 Å². The minimum Gasteiger partial charge on any atom is -0.455 e. The first kappa shape index (κ1) is 59.6. The van der Waals surface area contributed by atoms with Gasteiger partial charge >= 0.3 is 0 Å². The van der Waals surface area contributed by atoms with Crippen molar-refractivity contribution in [3.05, 3.63) is 229 Å². The fraction of sp³-hybridized carbons (Fsp3) is 0.0286. The van der Waals surface area contributed by atoms with Crippen LogP contribution >= 0.6 is 45.8 Å². The summed E-state index contributed by atoms with van der Waals surface area (Å²) in [7, 11) is 1.97. The molecule has 27 heteroatoms. The number of aryl methyl sites for hydroxylation is 2. The number of aromatic nitrogens is 16. The minimum atomic E-state index is 0.492.